The predicted molar refractivity (Wildman–Crippen MR) is 97.3 cm³/mol. The van der Waals surface area contributed by atoms with Crippen molar-refractivity contribution in [3.63, 3.8) is 0 Å². The van der Waals surface area contributed by atoms with Crippen molar-refractivity contribution in [2.24, 2.45) is 5.73 Å². The molecule has 0 atom stereocenters. The zero-order chi connectivity index (χ0) is 18.3. The number of amides is 1. The number of primary amides is 1. The van der Waals surface area contributed by atoms with E-state index in [1.807, 2.05) is 42.6 Å². The van der Waals surface area contributed by atoms with Gasteiger partial charge in [0.1, 0.15) is 0 Å². The van der Waals surface area contributed by atoms with Gasteiger partial charge in [-0.05, 0) is 35.2 Å². The maximum atomic E-state index is 11.8. The van der Waals surface area contributed by atoms with Crippen molar-refractivity contribution in [2.75, 3.05) is 0 Å². The van der Waals surface area contributed by atoms with Crippen molar-refractivity contribution >= 4 is 16.8 Å². The Bertz CT molecular complexity index is 1210. The van der Waals surface area contributed by atoms with Gasteiger partial charge in [0.2, 0.25) is 0 Å². The van der Waals surface area contributed by atoms with Crippen LogP contribution in [-0.2, 0) is 0 Å². The van der Waals surface area contributed by atoms with Crippen molar-refractivity contribution in [3.8, 4) is 22.6 Å². The van der Waals surface area contributed by atoms with E-state index in [1.165, 1.54) is 10.9 Å². The summed E-state index contributed by atoms with van der Waals surface area (Å²) in [4.78, 5) is 26.4. The first kappa shape index (κ1) is 15.6. The molecule has 0 aliphatic heterocycles. The number of carbonyl (C=O) groups excluding carboxylic acids is 1. The summed E-state index contributed by atoms with van der Waals surface area (Å²) >= 11 is 0. The lowest BCUT2D eigenvalue weighted by Crippen LogP contribution is -2.26. The Morgan fingerprint density at radius 3 is 2.77 bits per heavy atom. The molecule has 0 radical (unpaired) electrons. The number of H-pyrrole nitrogens is 1. The summed E-state index contributed by atoms with van der Waals surface area (Å²) in [6.45, 7) is 0. The molecular formula is C19H14N4O3. The van der Waals surface area contributed by atoms with Crippen molar-refractivity contribution in [2.45, 2.75) is 0 Å². The molecule has 26 heavy (non-hydrogen) atoms. The van der Waals surface area contributed by atoms with E-state index < -0.39 is 22.8 Å². The van der Waals surface area contributed by atoms with Gasteiger partial charge in [-0.25, -0.2) is 4.68 Å². The molecule has 4 N–H and O–H groups in total. The lowest BCUT2D eigenvalue weighted by atomic mass is 10.0. The second-order valence-corrected chi connectivity index (χ2v) is 5.80. The van der Waals surface area contributed by atoms with Crippen molar-refractivity contribution in [3.05, 3.63) is 76.8 Å². The Morgan fingerprint density at radius 2 is 1.96 bits per heavy atom. The SMILES string of the molecule is NC(=O)c1nn(-c2ccccc2-c2ccc3[nH]ccc3c2)cc(O)c1=O. The molecule has 2 heterocycles. The van der Waals surface area contributed by atoms with Crippen LogP contribution in [0.25, 0.3) is 27.7 Å². The highest BCUT2D eigenvalue weighted by molar-refractivity contribution is 5.91. The summed E-state index contributed by atoms with van der Waals surface area (Å²) in [5.41, 5.74) is 7.16. The fourth-order valence-electron chi connectivity index (χ4n) is 2.90. The van der Waals surface area contributed by atoms with Crippen LogP contribution in [0.1, 0.15) is 10.5 Å². The van der Waals surface area contributed by atoms with Gasteiger partial charge in [0.15, 0.2) is 11.4 Å². The Kier molecular flexibility index (Phi) is 3.54. The molecule has 0 unspecified atom stereocenters. The van der Waals surface area contributed by atoms with E-state index in [4.69, 9.17) is 5.73 Å². The molecule has 2 aromatic heterocycles. The zero-order valence-corrected chi connectivity index (χ0v) is 13.5. The number of fused-ring (bicyclic) bond motifs is 1. The van der Waals surface area contributed by atoms with E-state index in [2.05, 4.69) is 10.1 Å². The van der Waals surface area contributed by atoms with E-state index in [9.17, 15) is 14.7 Å². The van der Waals surface area contributed by atoms with Gasteiger partial charge in [0.25, 0.3) is 11.3 Å². The topological polar surface area (TPSA) is 114 Å². The molecule has 4 rings (SSSR count). The number of aromatic nitrogens is 3. The lowest BCUT2D eigenvalue weighted by Gasteiger charge is -2.13. The minimum atomic E-state index is -0.995. The summed E-state index contributed by atoms with van der Waals surface area (Å²) in [5.74, 6) is -1.59. The zero-order valence-electron chi connectivity index (χ0n) is 13.5. The summed E-state index contributed by atoms with van der Waals surface area (Å²) in [6.07, 6.45) is 3.03. The average molecular weight is 346 g/mol. The fourth-order valence-corrected chi connectivity index (χ4v) is 2.90. The minimum Gasteiger partial charge on any atom is -0.503 e. The number of carbonyl (C=O) groups is 1. The van der Waals surface area contributed by atoms with Crippen LogP contribution in [0.15, 0.2) is 65.7 Å². The monoisotopic (exact) mass is 346 g/mol. The summed E-state index contributed by atoms with van der Waals surface area (Å²) in [7, 11) is 0. The molecule has 7 nitrogen and oxygen atoms in total. The number of nitrogens with zero attached hydrogens (tertiary/aromatic N) is 2. The number of aromatic amines is 1. The van der Waals surface area contributed by atoms with Crippen LogP contribution in [0.4, 0.5) is 0 Å². The third kappa shape index (κ3) is 2.51. The third-order valence-electron chi connectivity index (χ3n) is 4.15. The highest BCUT2D eigenvalue weighted by atomic mass is 16.3. The number of nitrogens with two attached hydrogens (primary N) is 1. The Labute approximate surface area is 147 Å². The number of hydrogen-bond acceptors (Lipinski definition) is 4. The van der Waals surface area contributed by atoms with E-state index in [0.717, 1.165) is 22.0 Å². The van der Waals surface area contributed by atoms with Gasteiger partial charge in [-0.2, -0.15) is 5.10 Å². The highest BCUT2D eigenvalue weighted by Crippen LogP contribution is 2.29. The molecule has 0 bridgehead atoms. The largest absolute Gasteiger partial charge is 0.503 e. The second-order valence-electron chi connectivity index (χ2n) is 5.80. The van der Waals surface area contributed by atoms with Crippen molar-refractivity contribution < 1.29 is 9.90 Å². The molecule has 0 saturated heterocycles. The Balaban J connectivity index is 1.94. The molecule has 0 saturated carbocycles. The smallest absolute Gasteiger partial charge is 0.273 e. The van der Waals surface area contributed by atoms with E-state index in [1.54, 1.807) is 12.1 Å². The first-order valence-electron chi connectivity index (χ1n) is 7.84. The molecule has 0 aliphatic rings. The van der Waals surface area contributed by atoms with Crippen LogP contribution in [0.3, 0.4) is 0 Å². The van der Waals surface area contributed by atoms with Crippen molar-refractivity contribution in [1.82, 2.24) is 14.8 Å². The molecule has 1 amide bonds. The minimum absolute atomic E-state index is 0.513. The quantitative estimate of drug-likeness (QED) is 0.527. The summed E-state index contributed by atoms with van der Waals surface area (Å²) in [6, 6.07) is 15.2. The lowest BCUT2D eigenvalue weighted by molar-refractivity contribution is 0.0992. The fraction of sp³-hybridized carbons (Fsp3) is 0. The van der Waals surface area contributed by atoms with Gasteiger partial charge in [-0.1, -0.05) is 24.3 Å². The Hall–Kier alpha value is -3.87. The molecular weight excluding hydrogens is 332 g/mol. The maximum absolute atomic E-state index is 11.8. The van der Waals surface area contributed by atoms with Gasteiger partial charge >= 0.3 is 0 Å². The van der Waals surface area contributed by atoms with Gasteiger partial charge < -0.3 is 15.8 Å². The van der Waals surface area contributed by atoms with Crippen LogP contribution < -0.4 is 11.2 Å². The van der Waals surface area contributed by atoms with Gasteiger partial charge in [-0.15, -0.1) is 0 Å². The van der Waals surface area contributed by atoms with Crippen LogP contribution in [0.5, 0.6) is 5.75 Å². The normalized spacial score (nSPS) is 10.9. The van der Waals surface area contributed by atoms with Crippen LogP contribution in [0, 0.1) is 0 Å². The third-order valence-corrected chi connectivity index (χ3v) is 4.15. The van der Waals surface area contributed by atoms with Crippen LogP contribution in [-0.4, -0.2) is 25.8 Å². The number of hydrogen-bond donors (Lipinski definition) is 3. The number of rotatable bonds is 3. The summed E-state index contributed by atoms with van der Waals surface area (Å²) < 4.78 is 1.29. The highest BCUT2D eigenvalue weighted by Gasteiger charge is 2.16. The van der Waals surface area contributed by atoms with Gasteiger partial charge in [0.05, 0.1) is 11.9 Å². The maximum Gasteiger partial charge on any atom is 0.273 e. The average Bonchev–Trinajstić information content (AvgIpc) is 3.11. The molecule has 0 spiro atoms. The number of benzene rings is 2. The summed E-state index contributed by atoms with van der Waals surface area (Å²) in [5, 5.41) is 14.9. The predicted octanol–water partition coefficient (Wildman–Crippen LogP) is 2.19. The standard InChI is InChI=1S/C19H14N4O3/c20-19(26)17-18(25)16(24)10-23(22-17)15-4-2-1-3-13(15)11-5-6-14-12(9-11)7-8-21-14/h1-10,21,24H,(H2,20,26). The van der Waals surface area contributed by atoms with Crippen LogP contribution >= 0.6 is 0 Å². The van der Waals surface area contributed by atoms with E-state index >= 15 is 0 Å². The number of nitrogens with one attached hydrogen (secondary N) is 1. The first-order valence-corrected chi connectivity index (χ1v) is 7.84. The van der Waals surface area contributed by atoms with Crippen LogP contribution in [0.2, 0.25) is 0 Å². The molecule has 0 aliphatic carbocycles. The number of para-hydroxylation sites is 1. The molecule has 128 valence electrons. The van der Waals surface area contributed by atoms with Gasteiger partial charge in [0, 0.05) is 17.3 Å². The molecule has 4 aromatic rings. The molecule has 0 fully saturated rings. The Morgan fingerprint density at radius 1 is 1.15 bits per heavy atom. The van der Waals surface area contributed by atoms with Crippen molar-refractivity contribution in [1.29, 1.82) is 0 Å². The second kappa shape index (κ2) is 5.89. The molecule has 2 aromatic carbocycles. The number of aromatic hydroxyl groups is 1. The first-order chi connectivity index (χ1) is 12.5. The van der Waals surface area contributed by atoms with Gasteiger partial charge in [-0.3, -0.25) is 9.59 Å². The van der Waals surface area contributed by atoms with E-state index in [0.29, 0.717) is 5.69 Å². The molecule has 7 heteroatoms. The van der Waals surface area contributed by atoms with E-state index in [-0.39, 0.29) is 0 Å².